The van der Waals surface area contributed by atoms with Crippen LogP contribution in [0.1, 0.15) is 37.6 Å². The molecule has 0 saturated carbocycles. The number of fused-ring (bicyclic) bond motifs is 1. The number of hydrogen-bond acceptors (Lipinski definition) is 3. The number of carbonyl (C=O) groups is 2. The number of benzene rings is 1. The molecule has 0 bridgehead atoms. The summed E-state index contributed by atoms with van der Waals surface area (Å²) in [4.78, 5) is 33.5. The smallest absolute Gasteiger partial charge is 0.231 e. The molecule has 0 aliphatic carbocycles. The molecule has 1 aliphatic heterocycles. The Morgan fingerprint density at radius 1 is 1.32 bits per heavy atom. The summed E-state index contributed by atoms with van der Waals surface area (Å²) in [7, 11) is 3.68. The molecule has 1 aromatic heterocycles. The fourth-order valence-corrected chi connectivity index (χ4v) is 3.28. The first kappa shape index (κ1) is 17.2. The van der Waals surface area contributed by atoms with Crippen molar-refractivity contribution in [1.29, 1.82) is 0 Å². The fraction of sp³-hybridized carbons (Fsp3) is 0.421. The second kappa shape index (κ2) is 6.70. The molecule has 1 aromatic carbocycles. The van der Waals surface area contributed by atoms with Crippen LogP contribution in [0.15, 0.2) is 36.7 Å². The van der Waals surface area contributed by atoms with E-state index in [2.05, 4.69) is 4.98 Å². The lowest BCUT2D eigenvalue weighted by molar-refractivity contribution is -0.137. The van der Waals surface area contributed by atoms with E-state index in [0.717, 1.165) is 17.1 Å². The van der Waals surface area contributed by atoms with E-state index in [1.54, 1.807) is 18.1 Å². The number of aryl methyl sites for hydroxylation is 1. The summed E-state index contributed by atoms with van der Waals surface area (Å²) < 4.78 is 1.91. The van der Waals surface area contributed by atoms with Crippen molar-refractivity contribution >= 4 is 17.5 Å². The maximum atomic E-state index is 13.3. The van der Waals surface area contributed by atoms with Crippen molar-refractivity contribution in [2.75, 3.05) is 11.9 Å². The number of hydrogen-bond donors (Lipinski definition) is 0. The molecule has 0 unspecified atom stereocenters. The van der Waals surface area contributed by atoms with Crippen molar-refractivity contribution in [2.24, 2.45) is 7.05 Å². The Morgan fingerprint density at radius 3 is 2.68 bits per heavy atom. The SMILES string of the molecule is CC(C)N(Cc1nccn1C)C(=O)[C@@H]1CC(=O)N(C)c2ccccc21. The van der Waals surface area contributed by atoms with Gasteiger partial charge in [-0.2, -0.15) is 0 Å². The highest BCUT2D eigenvalue weighted by atomic mass is 16.2. The second-order valence-electron chi connectivity index (χ2n) is 6.78. The predicted octanol–water partition coefficient (Wildman–Crippen LogP) is 2.31. The zero-order chi connectivity index (χ0) is 18.1. The summed E-state index contributed by atoms with van der Waals surface area (Å²) in [5.41, 5.74) is 1.73. The zero-order valence-electron chi connectivity index (χ0n) is 15.1. The molecule has 1 atom stereocenters. The minimum atomic E-state index is -0.442. The summed E-state index contributed by atoms with van der Waals surface area (Å²) in [5.74, 6) is 0.335. The van der Waals surface area contributed by atoms with Gasteiger partial charge in [0.05, 0.1) is 12.5 Å². The lowest BCUT2D eigenvalue weighted by atomic mass is 9.88. The van der Waals surface area contributed by atoms with Gasteiger partial charge in [0.2, 0.25) is 11.8 Å². The Bertz CT molecular complexity index is 796. The van der Waals surface area contributed by atoms with Crippen LogP contribution in [0.3, 0.4) is 0 Å². The number of rotatable bonds is 4. The molecule has 2 amide bonds. The molecule has 0 N–H and O–H groups in total. The second-order valence-corrected chi connectivity index (χ2v) is 6.78. The monoisotopic (exact) mass is 340 g/mol. The lowest BCUT2D eigenvalue weighted by Crippen LogP contribution is -2.44. The summed E-state index contributed by atoms with van der Waals surface area (Å²) in [6.45, 7) is 4.41. The number of anilines is 1. The molecule has 2 heterocycles. The van der Waals surface area contributed by atoms with Crippen LogP contribution in [0.4, 0.5) is 5.69 Å². The first-order chi connectivity index (χ1) is 11.9. The van der Waals surface area contributed by atoms with Gasteiger partial charge in [-0.05, 0) is 25.5 Å². The fourth-order valence-electron chi connectivity index (χ4n) is 3.28. The minimum Gasteiger partial charge on any atom is -0.337 e. The van der Waals surface area contributed by atoms with E-state index < -0.39 is 5.92 Å². The normalized spacial score (nSPS) is 16.9. The lowest BCUT2D eigenvalue weighted by Gasteiger charge is -2.35. The van der Waals surface area contributed by atoms with Crippen LogP contribution in [-0.4, -0.2) is 39.4 Å². The third kappa shape index (κ3) is 3.16. The molecule has 1 aliphatic rings. The average Bonchev–Trinajstić information content (AvgIpc) is 3.00. The molecule has 6 nitrogen and oxygen atoms in total. The van der Waals surface area contributed by atoms with Gasteiger partial charge in [-0.25, -0.2) is 4.98 Å². The van der Waals surface area contributed by atoms with Crippen LogP contribution in [-0.2, 0) is 23.2 Å². The molecular formula is C19H24N4O2. The number of aromatic nitrogens is 2. The molecule has 3 rings (SSSR count). The summed E-state index contributed by atoms with van der Waals surface area (Å²) >= 11 is 0. The number of nitrogens with zero attached hydrogens (tertiary/aromatic N) is 4. The van der Waals surface area contributed by atoms with Gasteiger partial charge in [-0.1, -0.05) is 18.2 Å². The maximum absolute atomic E-state index is 13.3. The van der Waals surface area contributed by atoms with Gasteiger partial charge < -0.3 is 14.4 Å². The molecule has 6 heteroatoms. The van der Waals surface area contributed by atoms with Crippen molar-refractivity contribution in [1.82, 2.24) is 14.5 Å². The Balaban J connectivity index is 1.93. The Kier molecular flexibility index (Phi) is 4.61. The Morgan fingerprint density at radius 2 is 2.04 bits per heavy atom. The van der Waals surface area contributed by atoms with E-state index in [4.69, 9.17) is 0 Å². The van der Waals surface area contributed by atoms with Crippen molar-refractivity contribution in [3.8, 4) is 0 Å². The van der Waals surface area contributed by atoms with Gasteiger partial charge in [-0.15, -0.1) is 0 Å². The zero-order valence-corrected chi connectivity index (χ0v) is 15.1. The van der Waals surface area contributed by atoms with Crippen LogP contribution in [0.5, 0.6) is 0 Å². The summed E-state index contributed by atoms with van der Waals surface area (Å²) in [6.07, 6.45) is 3.80. The number of imidazole rings is 1. The highest BCUT2D eigenvalue weighted by Crippen LogP contribution is 2.36. The Hall–Kier alpha value is -2.63. The van der Waals surface area contributed by atoms with E-state index >= 15 is 0 Å². The van der Waals surface area contributed by atoms with Gasteiger partial charge >= 0.3 is 0 Å². The van der Waals surface area contributed by atoms with Crippen LogP contribution in [0.25, 0.3) is 0 Å². The predicted molar refractivity (Wildman–Crippen MR) is 96.1 cm³/mol. The van der Waals surface area contributed by atoms with Crippen molar-refractivity contribution in [3.63, 3.8) is 0 Å². The summed E-state index contributed by atoms with van der Waals surface area (Å²) in [5, 5.41) is 0. The molecule has 132 valence electrons. The first-order valence-corrected chi connectivity index (χ1v) is 8.52. The minimum absolute atomic E-state index is 0.0196. The van der Waals surface area contributed by atoms with Crippen LogP contribution >= 0.6 is 0 Å². The van der Waals surface area contributed by atoms with Gasteiger partial charge in [-0.3, -0.25) is 9.59 Å². The van der Waals surface area contributed by atoms with Crippen LogP contribution in [0, 0.1) is 0 Å². The molecule has 0 radical (unpaired) electrons. The van der Waals surface area contributed by atoms with E-state index in [-0.39, 0.29) is 24.3 Å². The topological polar surface area (TPSA) is 58.4 Å². The molecule has 25 heavy (non-hydrogen) atoms. The number of amides is 2. The maximum Gasteiger partial charge on any atom is 0.231 e. The first-order valence-electron chi connectivity index (χ1n) is 8.52. The van der Waals surface area contributed by atoms with E-state index in [9.17, 15) is 9.59 Å². The largest absolute Gasteiger partial charge is 0.337 e. The van der Waals surface area contributed by atoms with Gasteiger partial charge in [0, 0.05) is 44.6 Å². The van der Waals surface area contributed by atoms with E-state index in [1.807, 2.05) is 60.8 Å². The number of para-hydroxylation sites is 1. The third-order valence-electron chi connectivity index (χ3n) is 4.86. The summed E-state index contributed by atoms with van der Waals surface area (Å²) in [6, 6.07) is 7.67. The van der Waals surface area contributed by atoms with E-state index in [1.165, 1.54) is 0 Å². The quantitative estimate of drug-likeness (QED) is 0.858. The van der Waals surface area contributed by atoms with Gasteiger partial charge in [0.1, 0.15) is 5.82 Å². The molecule has 2 aromatic rings. The highest BCUT2D eigenvalue weighted by Gasteiger charge is 2.36. The van der Waals surface area contributed by atoms with Crippen LogP contribution in [0.2, 0.25) is 0 Å². The van der Waals surface area contributed by atoms with Crippen molar-refractivity contribution in [3.05, 3.63) is 48.0 Å². The van der Waals surface area contributed by atoms with Crippen molar-refractivity contribution in [2.45, 2.75) is 38.8 Å². The average molecular weight is 340 g/mol. The molecule has 0 spiro atoms. The molecule has 0 fully saturated rings. The highest BCUT2D eigenvalue weighted by molar-refractivity contribution is 6.02. The Labute approximate surface area is 148 Å². The standard InChI is InChI=1S/C19H24N4O2/c1-13(2)23(12-17-20-9-10-21(17)3)19(25)15-11-18(24)22(4)16-8-6-5-7-14(15)16/h5-10,13,15H,11-12H2,1-4H3/t15-/m1/s1. The van der Waals surface area contributed by atoms with Crippen molar-refractivity contribution < 1.29 is 9.59 Å². The third-order valence-corrected chi connectivity index (χ3v) is 4.86. The van der Waals surface area contributed by atoms with E-state index in [0.29, 0.717) is 6.54 Å². The van der Waals surface area contributed by atoms with Gasteiger partial charge in [0.15, 0.2) is 0 Å². The molecular weight excluding hydrogens is 316 g/mol. The number of carbonyl (C=O) groups excluding carboxylic acids is 2. The van der Waals surface area contributed by atoms with Crippen LogP contribution < -0.4 is 4.90 Å². The van der Waals surface area contributed by atoms with Gasteiger partial charge in [0.25, 0.3) is 0 Å². The molecule has 0 saturated heterocycles.